The van der Waals surface area contributed by atoms with Crippen LogP contribution in [0.1, 0.15) is 119 Å². The van der Waals surface area contributed by atoms with E-state index in [1.54, 1.807) is 24.4 Å². The number of piperidine rings is 1. The van der Waals surface area contributed by atoms with Crippen molar-refractivity contribution < 1.29 is 55.4 Å². The van der Waals surface area contributed by atoms with E-state index in [1.165, 1.54) is 28.6 Å². The van der Waals surface area contributed by atoms with Crippen LogP contribution in [0, 0.1) is 5.92 Å². The van der Waals surface area contributed by atoms with Crippen LogP contribution in [0.5, 0.6) is 0 Å². The van der Waals surface area contributed by atoms with Crippen LogP contribution in [0.2, 0.25) is 0 Å². The Morgan fingerprint density at radius 1 is 0.985 bits per heavy atom. The lowest BCUT2D eigenvalue weighted by Gasteiger charge is -2.32. The second-order valence-electron chi connectivity index (χ2n) is 17.7. The first-order chi connectivity index (χ1) is 32.2. The number of benzene rings is 1. The Morgan fingerprint density at radius 3 is 2.52 bits per heavy atom. The summed E-state index contributed by atoms with van der Waals surface area (Å²) in [5.41, 5.74) is 0.738. The highest BCUT2D eigenvalue weighted by Crippen LogP contribution is 2.37. The monoisotopic (exact) mass is 948 g/mol. The molecule has 1 unspecified atom stereocenters. The van der Waals surface area contributed by atoms with Crippen LogP contribution >= 0.6 is 0 Å². The topological polar surface area (TPSA) is 237 Å². The molecular weight excluding hydrogens is 899 g/mol. The van der Waals surface area contributed by atoms with Crippen molar-refractivity contribution in [1.29, 1.82) is 0 Å². The lowest BCUT2D eigenvalue weighted by molar-refractivity contribution is -0.149. The van der Waals surface area contributed by atoms with Crippen molar-refractivity contribution in [2.45, 2.75) is 101 Å². The van der Waals surface area contributed by atoms with E-state index in [0.717, 1.165) is 16.2 Å². The van der Waals surface area contributed by atoms with E-state index in [4.69, 9.17) is 9.47 Å². The molecule has 3 aromatic heterocycles. The van der Waals surface area contributed by atoms with Gasteiger partial charge in [0.1, 0.15) is 17.4 Å². The molecular formula is C44H50F2N10O10S. The second kappa shape index (κ2) is 18.8. The van der Waals surface area contributed by atoms with Crippen LogP contribution < -0.4 is 14.9 Å². The SMILES string of the molecule is CN1C(=O)CCC(N2C(=O)c3cccc(CCCCOCCCS(=O)(=O)NC(=O)C4CCC(n5cc(NC(=O)c6cnn7ccc(N8C[C@H]9C[C@@H]8CO9)nc67)c(C(F)F)n5)CC4)c3C2=O)C1=O. The Morgan fingerprint density at radius 2 is 1.78 bits per heavy atom. The maximum Gasteiger partial charge on any atom is 0.284 e. The van der Waals surface area contributed by atoms with E-state index in [2.05, 4.69) is 30.1 Å². The van der Waals surface area contributed by atoms with Gasteiger partial charge in [-0.3, -0.25) is 48.0 Å². The average molecular weight is 949 g/mol. The normalized spacial score (nSPS) is 23.0. The van der Waals surface area contributed by atoms with Crippen LogP contribution in [0.4, 0.5) is 20.3 Å². The van der Waals surface area contributed by atoms with Crippen molar-refractivity contribution in [2.75, 3.05) is 49.4 Å². The molecule has 7 heterocycles. The number of alkyl halides is 2. The summed E-state index contributed by atoms with van der Waals surface area (Å²) in [6.45, 7) is 1.71. The number of imide groups is 2. The third-order valence-corrected chi connectivity index (χ3v) is 14.7. The highest BCUT2D eigenvalue weighted by molar-refractivity contribution is 7.90. The van der Waals surface area contributed by atoms with Gasteiger partial charge < -0.3 is 19.7 Å². The highest BCUT2D eigenvalue weighted by atomic mass is 32.2. The number of likely N-dealkylation sites (N-methyl/N-ethyl adjacent to an activating group) is 1. The number of carbonyl (C=O) groups is 6. The number of anilines is 2. The van der Waals surface area contributed by atoms with Gasteiger partial charge in [-0.1, -0.05) is 12.1 Å². The predicted octanol–water partition coefficient (Wildman–Crippen LogP) is 3.44. The predicted molar refractivity (Wildman–Crippen MR) is 233 cm³/mol. The Hall–Kier alpha value is -6.20. The number of morpholine rings is 1. The standard InChI is InChI=1S/C44H50F2N10O10S/c1-52-35(57)14-13-33(43(52)61)56-42(60)30-8-4-7-25(36(30)44(56)62)6-2-3-17-65-18-5-19-67(63,64)51-40(58)26-9-11-27(12-10-26)55-23-32(37(50-55)38(45)46)48-41(59)31-21-47-54-16-15-34(49-39(31)54)53-22-29-20-28(53)24-66-29/h4,7-8,15-16,21,23,26-29,33,38H,2-3,5-6,9-14,17-20,22,24H2,1H3,(H,48,59)(H,51,58)/t26?,27?,28-,29-,33?/m1/s1. The van der Waals surface area contributed by atoms with Crippen LogP contribution in [0.25, 0.3) is 5.65 Å². The summed E-state index contributed by atoms with van der Waals surface area (Å²) in [6.07, 6.45) is 5.59. The number of sulfonamides is 1. The number of hydrogen-bond donors (Lipinski definition) is 2. The summed E-state index contributed by atoms with van der Waals surface area (Å²) >= 11 is 0. The Balaban J connectivity index is 0.698. The van der Waals surface area contributed by atoms with Crippen molar-refractivity contribution in [3.8, 4) is 0 Å². The number of likely N-dealkylation sites (tertiary alicyclic amines) is 1. The molecule has 20 nitrogen and oxygen atoms in total. The minimum atomic E-state index is -3.97. The van der Waals surface area contributed by atoms with Crippen molar-refractivity contribution in [2.24, 2.45) is 5.92 Å². The average Bonchev–Trinajstić information content (AvgIpc) is 4.16. The van der Waals surface area contributed by atoms with Gasteiger partial charge in [-0.15, -0.1) is 0 Å². The van der Waals surface area contributed by atoms with E-state index in [9.17, 15) is 46.0 Å². The Bertz CT molecular complexity index is 2740. The van der Waals surface area contributed by atoms with Gasteiger partial charge in [0.2, 0.25) is 21.8 Å². The van der Waals surface area contributed by atoms with Crippen LogP contribution in [-0.2, 0) is 40.3 Å². The lowest BCUT2D eigenvalue weighted by atomic mass is 9.86. The molecule has 67 heavy (non-hydrogen) atoms. The molecule has 356 valence electrons. The molecule has 4 aromatic rings. The minimum absolute atomic E-state index is 0.0527. The Kier molecular flexibility index (Phi) is 12.9. The summed E-state index contributed by atoms with van der Waals surface area (Å²) in [5.74, 6) is -3.67. The summed E-state index contributed by atoms with van der Waals surface area (Å²) in [6, 6.07) is 5.58. The van der Waals surface area contributed by atoms with Crippen molar-refractivity contribution >= 4 is 62.6 Å². The smallest absolute Gasteiger partial charge is 0.284 e. The molecule has 3 saturated heterocycles. The summed E-state index contributed by atoms with van der Waals surface area (Å²) in [5, 5.41) is 10.9. The third kappa shape index (κ3) is 9.27. The zero-order valence-corrected chi connectivity index (χ0v) is 37.5. The minimum Gasteiger partial charge on any atom is -0.381 e. The molecule has 0 spiro atoms. The molecule has 2 bridgehead atoms. The molecule has 1 saturated carbocycles. The molecule has 6 amide bonds. The number of fused-ring (bicyclic) bond motifs is 4. The number of unbranched alkanes of at least 4 members (excludes halogenated alkanes) is 1. The fourth-order valence-corrected chi connectivity index (χ4v) is 10.8. The van der Waals surface area contributed by atoms with Crippen LogP contribution in [-0.4, -0.2) is 135 Å². The van der Waals surface area contributed by atoms with E-state index < -0.39 is 63.6 Å². The first-order valence-corrected chi connectivity index (χ1v) is 24.2. The quantitative estimate of drug-likeness (QED) is 0.114. The molecule has 1 aliphatic carbocycles. The molecule has 4 aliphatic heterocycles. The van der Waals surface area contributed by atoms with Gasteiger partial charge in [0, 0.05) is 51.5 Å². The van der Waals surface area contributed by atoms with Crippen molar-refractivity contribution in [3.05, 3.63) is 70.8 Å². The maximum atomic E-state index is 14.2. The molecule has 5 aliphatic rings. The molecule has 2 N–H and O–H groups in total. The maximum absolute atomic E-state index is 14.2. The fourth-order valence-electron chi connectivity index (χ4n) is 9.76. The molecule has 3 atom stereocenters. The van der Waals surface area contributed by atoms with Gasteiger partial charge in [-0.25, -0.2) is 26.7 Å². The molecule has 4 fully saturated rings. The van der Waals surface area contributed by atoms with Crippen molar-refractivity contribution in [3.63, 3.8) is 0 Å². The van der Waals surface area contributed by atoms with Gasteiger partial charge in [0.25, 0.3) is 30.1 Å². The second-order valence-corrected chi connectivity index (χ2v) is 19.5. The molecule has 9 rings (SSSR count). The number of carbonyl (C=O) groups excluding carboxylic acids is 6. The number of nitrogens with one attached hydrogen (secondary N) is 2. The number of aromatic nitrogens is 5. The number of rotatable bonds is 17. The number of nitrogens with zero attached hydrogens (tertiary/aromatic N) is 8. The van der Waals surface area contributed by atoms with E-state index in [-0.39, 0.29) is 96.6 Å². The van der Waals surface area contributed by atoms with E-state index >= 15 is 0 Å². The van der Waals surface area contributed by atoms with Gasteiger partial charge in [0.15, 0.2) is 11.3 Å². The number of ether oxygens (including phenoxy) is 2. The van der Waals surface area contributed by atoms with Crippen molar-refractivity contribution in [1.82, 2.24) is 38.9 Å². The highest BCUT2D eigenvalue weighted by Gasteiger charge is 2.47. The zero-order chi connectivity index (χ0) is 47.1. The molecule has 1 aromatic carbocycles. The van der Waals surface area contributed by atoms with E-state index in [1.807, 2.05) is 6.07 Å². The first kappa shape index (κ1) is 45.9. The van der Waals surface area contributed by atoms with Crippen LogP contribution in [0.15, 0.2) is 42.9 Å². The van der Waals surface area contributed by atoms with Crippen LogP contribution in [0.3, 0.4) is 0 Å². The number of aryl methyl sites for hydroxylation is 1. The lowest BCUT2D eigenvalue weighted by Crippen LogP contribution is -2.54. The van der Waals surface area contributed by atoms with E-state index in [0.29, 0.717) is 63.2 Å². The first-order valence-electron chi connectivity index (χ1n) is 22.5. The number of amides is 6. The Labute approximate surface area is 383 Å². The largest absolute Gasteiger partial charge is 0.381 e. The fraction of sp³-hybridized carbons (Fsp3) is 0.523. The van der Waals surface area contributed by atoms with Gasteiger partial charge >= 0.3 is 0 Å². The summed E-state index contributed by atoms with van der Waals surface area (Å²) < 4.78 is 70.4. The van der Waals surface area contributed by atoms with Gasteiger partial charge in [0.05, 0.1) is 53.6 Å². The molecule has 23 heteroatoms. The van der Waals surface area contributed by atoms with Gasteiger partial charge in [-0.05, 0) is 81.9 Å². The number of hydrogen-bond acceptors (Lipinski definition) is 14. The molecule has 0 radical (unpaired) electrons. The summed E-state index contributed by atoms with van der Waals surface area (Å²) in [7, 11) is -2.64. The zero-order valence-electron chi connectivity index (χ0n) is 36.6. The number of halogens is 2. The third-order valence-electron chi connectivity index (χ3n) is 13.4. The summed E-state index contributed by atoms with van der Waals surface area (Å²) in [4.78, 5) is 86.6. The van der Waals surface area contributed by atoms with Gasteiger partial charge in [-0.2, -0.15) is 10.2 Å².